The third kappa shape index (κ3) is 10.6. The van der Waals surface area contributed by atoms with E-state index in [1.807, 2.05) is 0 Å². The maximum atomic E-state index is 13.8. The number of phenols is 1. The van der Waals surface area contributed by atoms with Crippen molar-refractivity contribution in [1.29, 1.82) is 0 Å². The van der Waals surface area contributed by atoms with Crippen molar-refractivity contribution in [2.24, 2.45) is 22.2 Å². The van der Waals surface area contributed by atoms with Crippen molar-refractivity contribution in [3.63, 3.8) is 0 Å². The number of hydrogen-bond acceptors (Lipinski definition) is 9. The first-order chi connectivity index (χ1) is 22.3. The molecule has 3 rings (SSSR count). The first-order valence-corrected chi connectivity index (χ1v) is 15.6. The number of hydrogen-bond donors (Lipinski definition) is 8. The van der Waals surface area contributed by atoms with Gasteiger partial charge in [0.2, 0.25) is 29.5 Å². The fourth-order valence-corrected chi connectivity index (χ4v) is 5.70. The molecule has 2 saturated heterocycles. The summed E-state index contributed by atoms with van der Waals surface area (Å²) >= 11 is 0. The van der Waals surface area contributed by atoms with Crippen LogP contribution in [0, 0.1) is 0 Å². The van der Waals surface area contributed by atoms with Crippen LogP contribution in [-0.2, 0) is 35.2 Å². The summed E-state index contributed by atoms with van der Waals surface area (Å²) in [5, 5.41) is 26.6. The molecule has 0 spiro atoms. The number of guanidine groups is 1. The second-order valence-corrected chi connectivity index (χ2v) is 11.7. The zero-order valence-electron chi connectivity index (χ0n) is 26.4. The number of carbonyl (C=O) groups is 6. The number of phenolic OH excluding ortho intramolecular Hbond substituents is 1. The van der Waals surface area contributed by atoms with E-state index in [1.54, 1.807) is 0 Å². The molecule has 0 unspecified atom stereocenters. The average molecular weight is 660 g/mol. The smallest absolute Gasteiger partial charge is 0.326 e. The largest absolute Gasteiger partial charge is 0.508 e. The number of amides is 5. The van der Waals surface area contributed by atoms with Gasteiger partial charge in [-0.3, -0.25) is 29.0 Å². The van der Waals surface area contributed by atoms with Crippen LogP contribution in [0.5, 0.6) is 5.75 Å². The highest BCUT2D eigenvalue weighted by atomic mass is 16.4. The van der Waals surface area contributed by atoms with Crippen LogP contribution in [0.15, 0.2) is 29.3 Å². The van der Waals surface area contributed by atoms with Crippen LogP contribution in [0.3, 0.4) is 0 Å². The van der Waals surface area contributed by atoms with Gasteiger partial charge in [0.1, 0.15) is 29.9 Å². The van der Waals surface area contributed by atoms with Gasteiger partial charge in [0.25, 0.3) is 0 Å². The molecule has 47 heavy (non-hydrogen) atoms. The number of nitrogens with one attached hydrogen (secondary N) is 3. The summed E-state index contributed by atoms with van der Waals surface area (Å²) in [6.07, 6.45) is 2.26. The Morgan fingerprint density at radius 2 is 1.51 bits per heavy atom. The molecule has 2 aliphatic heterocycles. The highest BCUT2D eigenvalue weighted by Gasteiger charge is 2.40. The lowest BCUT2D eigenvalue weighted by molar-refractivity contribution is -0.144. The number of aliphatic imine (C=N–C) groups is 1. The van der Waals surface area contributed by atoms with E-state index in [9.17, 15) is 39.0 Å². The van der Waals surface area contributed by atoms with Gasteiger partial charge in [-0.2, -0.15) is 0 Å². The molecule has 1 aromatic carbocycles. The standard InChI is InChI=1S/C30H45N9O8/c1-17(31)27(44)38-13-4-7-23(38)26(43)37-20(5-2-12-34-30(32)33)28(45)39-14-3-6-22(39)25(42)35-16-24(41)36-21(29(46)47)15-18-8-10-19(40)11-9-18/h8-11,17,20-23,40H,2-7,12-16,31H2,1H3,(H,35,42)(H,36,41)(H,37,43)(H,46,47)(H4,32,33,34)/t17-,20-,21-,22-,23-/m0/s1. The lowest BCUT2D eigenvalue weighted by Crippen LogP contribution is -2.57. The Hall–Kier alpha value is -4.93. The number of likely N-dealkylation sites (tertiary alicyclic amines) is 2. The minimum absolute atomic E-state index is 0.0144. The van der Waals surface area contributed by atoms with Gasteiger partial charge in [0.05, 0.1) is 12.6 Å². The maximum absolute atomic E-state index is 13.8. The maximum Gasteiger partial charge on any atom is 0.326 e. The second-order valence-electron chi connectivity index (χ2n) is 11.7. The van der Waals surface area contributed by atoms with Gasteiger partial charge < -0.3 is 53.2 Å². The van der Waals surface area contributed by atoms with Crippen LogP contribution in [-0.4, -0.2) is 118 Å². The Bertz CT molecular complexity index is 1330. The highest BCUT2D eigenvalue weighted by Crippen LogP contribution is 2.22. The lowest BCUT2D eigenvalue weighted by atomic mass is 10.1. The van der Waals surface area contributed by atoms with Gasteiger partial charge in [-0.25, -0.2) is 4.79 Å². The van der Waals surface area contributed by atoms with E-state index in [0.29, 0.717) is 44.2 Å². The van der Waals surface area contributed by atoms with Crippen LogP contribution in [0.4, 0.5) is 0 Å². The summed E-state index contributed by atoms with van der Waals surface area (Å²) in [6.45, 7) is 1.81. The molecule has 2 aliphatic rings. The predicted molar refractivity (Wildman–Crippen MR) is 169 cm³/mol. The molecule has 0 aliphatic carbocycles. The first-order valence-electron chi connectivity index (χ1n) is 15.6. The third-order valence-corrected chi connectivity index (χ3v) is 8.06. The summed E-state index contributed by atoms with van der Waals surface area (Å²) in [5.74, 6) is -4.11. The van der Waals surface area contributed by atoms with E-state index >= 15 is 0 Å². The molecule has 0 saturated carbocycles. The quantitative estimate of drug-likeness (QED) is 0.0553. The molecule has 0 bridgehead atoms. The number of benzene rings is 1. The van der Waals surface area contributed by atoms with Crippen LogP contribution in [0.2, 0.25) is 0 Å². The molecule has 2 heterocycles. The van der Waals surface area contributed by atoms with Crippen LogP contribution >= 0.6 is 0 Å². The van der Waals surface area contributed by atoms with Crippen molar-refractivity contribution < 1.29 is 39.0 Å². The van der Waals surface area contributed by atoms with E-state index in [2.05, 4.69) is 20.9 Å². The van der Waals surface area contributed by atoms with E-state index < -0.39 is 66.4 Å². The Morgan fingerprint density at radius 3 is 2.09 bits per heavy atom. The van der Waals surface area contributed by atoms with E-state index in [0.717, 1.165) is 0 Å². The zero-order chi connectivity index (χ0) is 34.7. The summed E-state index contributed by atoms with van der Waals surface area (Å²) in [4.78, 5) is 83.9. The van der Waals surface area contributed by atoms with Crippen molar-refractivity contribution in [2.45, 2.75) is 82.1 Å². The molecular weight excluding hydrogens is 614 g/mol. The number of nitrogens with zero attached hydrogens (tertiary/aromatic N) is 3. The summed E-state index contributed by atoms with van der Waals surface area (Å²) in [5.41, 5.74) is 17.1. The number of carbonyl (C=O) groups excluding carboxylic acids is 5. The molecule has 258 valence electrons. The summed E-state index contributed by atoms with van der Waals surface area (Å²) < 4.78 is 0. The second kappa shape index (κ2) is 17.1. The molecule has 1 aromatic rings. The van der Waals surface area contributed by atoms with Crippen molar-refractivity contribution in [1.82, 2.24) is 25.8 Å². The van der Waals surface area contributed by atoms with Gasteiger partial charge in [-0.05, 0) is 63.1 Å². The number of carboxylic acid groups (broad SMARTS) is 1. The fourth-order valence-electron chi connectivity index (χ4n) is 5.70. The van der Waals surface area contributed by atoms with Gasteiger partial charge in [0.15, 0.2) is 5.96 Å². The fraction of sp³-hybridized carbons (Fsp3) is 0.567. The van der Waals surface area contributed by atoms with E-state index in [1.165, 1.54) is 41.0 Å². The molecule has 5 atom stereocenters. The zero-order valence-corrected chi connectivity index (χ0v) is 26.4. The number of aliphatic carboxylic acids is 1. The van der Waals surface area contributed by atoms with Crippen molar-refractivity contribution in [3.8, 4) is 5.75 Å². The monoisotopic (exact) mass is 659 g/mol. The topological polar surface area (TPSA) is 276 Å². The Morgan fingerprint density at radius 1 is 0.915 bits per heavy atom. The number of rotatable bonds is 15. The molecule has 17 heteroatoms. The third-order valence-electron chi connectivity index (χ3n) is 8.06. The van der Waals surface area contributed by atoms with Crippen LogP contribution < -0.4 is 33.2 Å². The number of aromatic hydroxyl groups is 1. The van der Waals surface area contributed by atoms with Gasteiger partial charge in [-0.15, -0.1) is 0 Å². The van der Waals surface area contributed by atoms with Gasteiger partial charge >= 0.3 is 5.97 Å². The lowest BCUT2D eigenvalue weighted by Gasteiger charge is -2.31. The predicted octanol–water partition coefficient (Wildman–Crippen LogP) is -2.51. The normalized spacial score (nSPS) is 19.3. The number of nitrogens with two attached hydrogens (primary N) is 3. The van der Waals surface area contributed by atoms with Crippen molar-refractivity contribution in [2.75, 3.05) is 26.2 Å². The van der Waals surface area contributed by atoms with E-state index in [-0.39, 0.29) is 43.5 Å². The van der Waals surface area contributed by atoms with E-state index in [4.69, 9.17) is 17.2 Å². The minimum atomic E-state index is -1.28. The first kappa shape index (κ1) is 36.5. The average Bonchev–Trinajstić information content (AvgIpc) is 3.72. The van der Waals surface area contributed by atoms with Crippen LogP contribution in [0.25, 0.3) is 0 Å². The molecule has 5 amide bonds. The summed E-state index contributed by atoms with van der Waals surface area (Å²) in [7, 11) is 0. The number of carboxylic acids is 1. The SMILES string of the molecule is C[C@H](N)C(=O)N1CCC[C@H]1C(=O)N[C@@H](CCCN=C(N)N)C(=O)N1CCC[C@H]1C(=O)NCC(=O)N[C@@H](Cc1ccc(O)cc1)C(=O)O. The Balaban J connectivity index is 1.64. The van der Waals surface area contributed by atoms with Gasteiger partial charge in [0, 0.05) is 26.1 Å². The molecule has 2 fully saturated rings. The highest BCUT2D eigenvalue weighted by molar-refractivity contribution is 5.96. The molecule has 11 N–H and O–H groups in total. The molecule has 0 radical (unpaired) electrons. The van der Waals surface area contributed by atoms with Crippen LogP contribution in [0.1, 0.15) is 51.0 Å². The molecular formula is C30H45N9O8. The molecule has 17 nitrogen and oxygen atoms in total. The Kier molecular flexibility index (Phi) is 13.3. The van der Waals surface area contributed by atoms with Crippen molar-refractivity contribution in [3.05, 3.63) is 29.8 Å². The van der Waals surface area contributed by atoms with Crippen molar-refractivity contribution >= 4 is 41.5 Å². The van der Waals surface area contributed by atoms with Gasteiger partial charge in [-0.1, -0.05) is 12.1 Å². The minimum Gasteiger partial charge on any atom is -0.508 e. The summed E-state index contributed by atoms with van der Waals surface area (Å²) in [6, 6.07) is 1.03. The Labute approximate surface area is 272 Å². The molecule has 0 aromatic heterocycles.